The van der Waals surface area contributed by atoms with Gasteiger partial charge in [-0.25, -0.2) is 9.97 Å². The lowest BCUT2D eigenvalue weighted by Gasteiger charge is -2.16. The Balaban J connectivity index is 1.76. The molecule has 1 aliphatic rings. The average Bonchev–Trinajstić information content (AvgIpc) is 3.31. The first-order valence-electron chi connectivity index (χ1n) is 9.18. The second-order valence-corrected chi connectivity index (χ2v) is 6.88. The minimum absolute atomic E-state index is 0.359. The van der Waals surface area contributed by atoms with Gasteiger partial charge in [0.05, 0.1) is 19.1 Å². The molecule has 1 fully saturated rings. The number of fused-ring (bicyclic) bond motifs is 1. The van der Waals surface area contributed by atoms with Crippen LogP contribution in [0.5, 0.6) is 5.75 Å². The molecular weight excluding hydrogens is 342 g/mol. The molecule has 0 spiro atoms. The van der Waals surface area contributed by atoms with Crippen LogP contribution in [0.2, 0.25) is 0 Å². The number of anilines is 1. The van der Waals surface area contributed by atoms with Crippen LogP contribution < -0.4 is 10.5 Å². The number of rotatable bonds is 6. The third kappa shape index (κ3) is 3.36. The zero-order valence-corrected chi connectivity index (χ0v) is 15.8. The van der Waals surface area contributed by atoms with Crippen molar-refractivity contribution in [3.63, 3.8) is 0 Å². The summed E-state index contributed by atoms with van der Waals surface area (Å²) in [5.74, 6) is 1.32. The molecule has 3 aromatic rings. The van der Waals surface area contributed by atoms with Gasteiger partial charge in [0.2, 0.25) is 0 Å². The van der Waals surface area contributed by atoms with Gasteiger partial charge in [-0.2, -0.15) is 0 Å². The maximum Gasteiger partial charge on any atom is 0.146 e. The van der Waals surface area contributed by atoms with Gasteiger partial charge in [-0.1, -0.05) is 12.1 Å². The monoisotopic (exact) mass is 367 g/mol. The molecule has 7 nitrogen and oxygen atoms in total. The van der Waals surface area contributed by atoms with Gasteiger partial charge in [0.25, 0.3) is 0 Å². The second kappa shape index (κ2) is 7.54. The van der Waals surface area contributed by atoms with Gasteiger partial charge < -0.3 is 19.8 Å². The van der Waals surface area contributed by atoms with Gasteiger partial charge in [-0.3, -0.25) is 4.90 Å². The number of hydrogen-bond donors (Lipinski definition) is 1. The molecule has 7 heteroatoms. The van der Waals surface area contributed by atoms with Crippen LogP contribution in [0.4, 0.5) is 5.82 Å². The molecule has 142 valence electrons. The number of benzene rings is 1. The summed E-state index contributed by atoms with van der Waals surface area (Å²) in [4.78, 5) is 11.2. The number of methoxy groups -OCH3 is 2. The molecule has 1 atom stereocenters. The Bertz CT molecular complexity index is 939. The van der Waals surface area contributed by atoms with Gasteiger partial charge in [0.15, 0.2) is 0 Å². The summed E-state index contributed by atoms with van der Waals surface area (Å²) in [6, 6.07) is 8.36. The molecule has 2 N–H and O–H groups in total. The summed E-state index contributed by atoms with van der Waals surface area (Å²) in [6.45, 7) is 3.74. The highest BCUT2D eigenvalue weighted by Crippen LogP contribution is 2.37. The van der Waals surface area contributed by atoms with E-state index in [1.54, 1.807) is 20.5 Å². The predicted molar refractivity (Wildman–Crippen MR) is 106 cm³/mol. The Kier molecular flexibility index (Phi) is 4.96. The number of likely N-dealkylation sites (tertiary alicyclic amines) is 1. The number of nitrogens with zero attached hydrogens (tertiary/aromatic N) is 4. The highest BCUT2D eigenvalue weighted by atomic mass is 16.5. The van der Waals surface area contributed by atoms with Gasteiger partial charge in [0, 0.05) is 44.5 Å². The van der Waals surface area contributed by atoms with E-state index in [1.165, 1.54) is 0 Å². The summed E-state index contributed by atoms with van der Waals surface area (Å²) in [5.41, 5.74) is 9.22. The zero-order valence-electron chi connectivity index (χ0n) is 15.8. The van der Waals surface area contributed by atoms with E-state index in [0.717, 1.165) is 60.6 Å². The molecule has 0 aliphatic carbocycles. The van der Waals surface area contributed by atoms with E-state index in [1.807, 2.05) is 18.2 Å². The molecule has 1 aliphatic heterocycles. The van der Waals surface area contributed by atoms with Crippen LogP contribution in [0.15, 0.2) is 36.8 Å². The van der Waals surface area contributed by atoms with E-state index in [4.69, 9.17) is 15.2 Å². The number of nitrogens with two attached hydrogens (primary N) is 1. The first-order valence-corrected chi connectivity index (χ1v) is 9.18. The second-order valence-electron chi connectivity index (χ2n) is 6.88. The highest BCUT2D eigenvalue weighted by molar-refractivity contribution is 6.00. The summed E-state index contributed by atoms with van der Waals surface area (Å²) >= 11 is 0. The molecule has 27 heavy (non-hydrogen) atoms. The summed E-state index contributed by atoms with van der Waals surface area (Å²) in [6.07, 6.45) is 4.78. The Morgan fingerprint density at radius 2 is 2.15 bits per heavy atom. The fourth-order valence-corrected chi connectivity index (χ4v) is 3.86. The largest absolute Gasteiger partial charge is 0.497 e. The van der Waals surface area contributed by atoms with Gasteiger partial charge >= 0.3 is 0 Å². The molecule has 0 amide bonds. The van der Waals surface area contributed by atoms with E-state index in [0.29, 0.717) is 11.9 Å². The Labute approximate surface area is 158 Å². The van der Waals surface area contributed by atoms with E-state index in [-0.39, 0.29) is 0 Å². The molecule has 3 heterocycles. The number of nitrogen functional groups attached to an aromatic ring is 1. The van der Waals surface area contributed by atoms with Crippen molar-refractivity contribution in [2.75, 3.05) is 46.2 Å². The van der Waals surface area contributed by atoms with Crippen molar-refractivity contribution in [3.05, 3.63) is 36.8 Å². The third-order valence-corrected chi connectivity index (χ3v) is 5.27. The minimum Gasteiger partial charge on any atom is -0.497 e. The van der Waals surface area contributed by atoms with Crippen LogP contribution in [0.1, 0.15) is 12.5 Å². The molecule has 1 aromatic carbocycles. The van der Waals surface area contributed by atoms with Crippen molar-refractivity contribution in [2.45, 2.75) is 12.5 Å². The molecule has 0 radical (unpaired) electrons. The van der Waals surface area contributed by atoms with Crippen LogP contribution in [-0.4, -0.2) is 59.9 Å². The smallest absolute Gasteiger partial charge is 0.146 e. The minimum atomic E-state index is 0.359. The SMILES string of the molecule is COCCN1CCC(n2cc(-c3cccc(OC)c3)c3c(N)ncnc32)C1. The quantitative estimate of drug-likeness (QED) is 0.721. The molecule has 1 unspecified atom stereocenters. The zero-order chi connectivity index (χ0) is 18.8. The molecule has 4 rings (SSSR count). The van der Waals surface area contributed by atoms with Crippen molar-refractivity contribution < 1.29 is 9.47 Å². The van der Waals surface area contributed by atoms with Crippen molar-refractivity contribution in [3.8, 4) is 16.9 Å². The van der Waals surface area contributed by atoms with Crippen LogP contribution >= 0.6 is 0 Å². The van der Waals surface area contributed by atoms with E-state index >= 15 is 0 Å². The lowest BCUT2D eigenvalue weighted by molar-refractivity contribution is 0.159. The van der Waals surface area contributed by atoms with E-state index in [2.05, 4.69) is 31.7 Å². The van der Waals surface area contributed by atoms with Gasteiger partial charge in [-0.05, 0) is 24.1 Å². The number of hydrogen-bond acceptors (Lipinski definition) is 6. The number of ether oxygens (including phenoxy) is 2. The van der Waals surface area contributed by atoms with Gasteiger partial charge in [-0.15, -0.1) is 0 Å². The fraction of sp³-hybridized carbons (Fsp3) is 0.400. The van der Waals surface area contributed by atoms with Crippen LogP contribution in [0, 0.1) is 0 Å². The maximum atomic E-state index is 6.25. The lowest BCUT2D eigenvalue weighted by Crippen LogP contribution is -2.25. The first kappa shape index (κ1) is 17.8. The Hall–Kier alpha value is -2.64. The number of aromatic nitrogens is 3. The van der Waals surface area contributed by atoms with Crippen molar-refractivity contribution >= 4 is 16.9 Å². The summed E-state index contributed by atoms with van der Waals surface area (Å²) in [7, 11) is 3.42. The molecule has 0 bridgehead atoms. The van der Waals surface area contributed by atoms with Crippen molar-refractivity contribution in [1.29, 1.82) is 0 Å². The first-order chi connectivity index (χ1) is 13.2. The van der Waals surface area contributed by atoms with Crippen LogP contribution in [0.25, 0.3) is 22.2 Å². The topological polar surface area (TPSA) is 78.4 Å². The lowest BCUT2D eigenvalue weighted by atomic mass is 10.1. The van der Waals surface area contributed by atoms with Gasteiger partial charge in [0.1, 0.15) is 23.5 Å². The maximum absolute atomic E-state index is 6.25. The summed E-state index contributed by atoms with van der Waals surface area (Å²) < 4.78 is 12.9. The van der Waals surface area contributed by atoms with Crippen molar-refractivity contribution in [2.24, 2.45) is 0 Å². The standard InChI is InChI=1S/C20H25N5O2/c1-26-9-8-24-7-6-15(11-24)25-12-17(14-4-3-5-16(10-14)27-2)18-19(21)22-13-23-20(18)25/h3-5,10,12-13,15H,6-9,11H2,1-2H3,(H2,21,22,23). The van der Waals surface area contributed by atoms with Crippen LogP contribution in [0.3, 0.4) is 0 Å². The Morgan fingerprint density at radius 1 is 1.26 bits per heavy atom. The summed E-state index contributed by atoms with van der Waals surface area (Å²) in [5, 5.41) is 0.904. The average molecular weight is 367 g/mol. The fourth-order valence-electron chi connectivity index (χ4n) is 3.86. The van der Waals surface area contributed by atoms with Crippen LogP contribution in [-0.2, 0) is 4.74 Å². The molecular formula is C20H25N5O2. The molecule has 2 aromatic heterocycles. The normalized spacial score (nSPS) is 17.6. The third-order valence-electron chi connectivity index (χ3n) is 5.27. The highest BCUT2D eigenvalue weighted by Gasteiger charge is 2.27. The van der Waals surface area contributed by atoms with E-state index < -0.39 is 0 Å². The van der Waals surface area contributed by atoms with E-state index in [9.17, 15) is 0 Å². The predicted octanol–water partition coefficient (Wildman–Crippen LogP) is 2.58. The molecule has 0 saturated carbocycles. The molecule has 1 saturated heterocycles. The Morgan fingerprint density at radius 3 is 2.96 bits per heavy atom. The van der Waals surface area contributed by atoms with Crippen molar-refractivity contribution in [1.82, 2.24) is 19.4 Å².